The molecule has 0 aliphatic heterocycles. The molecule has 5 atom stereocenters. The summed E-state index contributed by atoms with van der Waals surface area (Å²) in [6.45, 7) is 5.15. The zero-order valence-electron chi connectivity index (χ0n) is 17.6. The van der Waals surface area contributed by atoms with E-state index in [2.05, 4.69) is 28.6 Å². The number of aliphatic hydroxyl groups is 1. The fourth-order valence-corrected chi connectivity index (χ4v) is 2.73. The number of carbonyl (C=O) groups is 4. The maximum Gasteiger partial charge on any atom is 0.327 e. The first-order valence-electron chi connectivity index (χ1n) is 9.84. The third-order valence-electron chi connectivity index (χ3n) is 4.45. The first-order valence-corrected chi connectivity index (χ1v) is 10.5. The molecule has 0 aromatic rings. The van der Waals surface area contributed by atoms with E-state index in [1.54, 1.807) is 13.8 Å². The Kier molecular flexibility index (Phi) is 13.3. The zero-order chi connectivity index (χ0) is 23.4. The maximum atomic E-state index is 12.8. The minimum Gasteiger partial charge on any atom is -0.480 e. The van der Waals surface area contributed by atoms with E-state index in [4.69, 9.17) is 16.6 Å². The number of hydrogen-bond acceptors (Lipinski definition) is 8. The van der Waals surface area contributed by atoms with Crippen LogP contribution in [0.3, 0.4) is 0 Å². The summed E-state index contributed by atoms with van der Waals surface area (Å²) in [5.41, 5.74) is 11.1. The van der Waals surface area contributed by atoms with Crippen LogP contribution in [0.2, 0.25) is 0 Å². The van der Waals surface area contributed by atoms with E-state index in [-0.39, 0.29) is 18.1 Å². The molecule has 0 aliphatic rings. The van der Waals surface area contributed by atoms with Gasteiger partial charge in [-0.15, -0.1) is 0 Å². The summed E-state index contributed by atoms with van der Waals surface area (Å²) in [5.74, 6) is -3.70. The van der Waals surface area contributed by atoms with Crippen molar-refractivity contribution < 1.29 is 29.4 Å². The normalized spacial score (nSPS) is 16.1. The molecule has 9 N–H and O–H groups in total. The lowest BCUT2D eigenvalue weighted by atomic mass is 10.0. The van der Waals surface area contributed by atoms with Crippen LogP contribution >= 0.6 is 12.6 Å². The van der Waals surface area contributed by atoms with Gasteiger partial charge in [-0.3, -0.25) is 14.4 Å². The van der Waals surface area contributed by atoms with Gasteiger partial charge < -0.3 is 37.6 Å². The van der Waals surface area contributed by atoms with E-state index < -0.39 is 54.0 Å². The summed E-state index contributed by atoms with van der Waals surface area (Å²) in [6.07, 6.45) is 0.269. The Morgan fingerprint density at radius 3 is 1.93 bits per heavy atom. The molecule has 3 amide bonds. The predicted molar refractivity (Wildman–Crippen MR) is 115 cm³/mol. The number of nitrogens with one attached hydrogen (secondary N) is 3. The largest absolute Gasteiger partial charge is 0.480 e. The van der Waals surface area contributed by atoms with Crippen LogP contribution in [0.15, 0.2) is 0 Å². The smallest absolute Gasteiger partial charge is 0.327 e. The van der Waals surface area contributed by atoms with Crippen molar-refractivity contribution in [2.24, 2.45) is 17.4 Å². The van der Waals surface area contributed by atoms with Crippen LogP contribution in [0.4, 0.5) is 0 Å². The van der Waals surface area contributed by atoms with Crippen molar-refractivity contribution in [3.05, 3.63) is 0 Å². The molecule has 0 heterocycles. The minimum atomic E-state index is -1.25. The van der Waals surface area contributed by atoms with Crippen LogP contribution in [0, 0.1) is 5.92 Å². The van der Waals surface area contributed by atoms with E-state index >= 15 is 0 Å². The zero-order valence-corrected chi connectivity index (χ0v) is 18.5. The standard InChI is InChI=1S/C18H35N5O6S/c1-9(2)14(23-16(26)13(20)10(3)24)17(27)21-11(6-4-5-7-19)15(25)22-12(8-30)18(28)29/h9-14,24,30H,4-8,19-20H2,1-3H3,(H,21,27)(H,22,25)(H,23,26)(H,28,29). The van der Waals surface area contributed by atoms with Gasteiger partial charge in [0, 0.05) is 5.75 Å². The molecule has 0 saturated carbocycles. The molecule has 0 fully saturated rings. The number of unbranched alkanes of at least 4 members (excludes halogenated alkanes) is 1. The van der Waals surface area contributed by atoms with Gasteiger partial charge >= 0.3 is 5.97 Å². The molecule has 5 unspecified atom stereocenters. The number of carboxylic acids is 1. The average molecular weight is 450 g/mol. The number of carboxylic acid groups (broad SMARTS) is 1. The average Bonchev–Trinajstić information content (AvgIpc) is 2.67. The first kappa shape index (κ1) is 28.1. The van der Waals surface area contributed by atoms with Crippen LogP contribution in [0.1, 0.15) is 40.0 Å². The number of aliphatic hydroxyl groups excluding tert-OH is 1. The van der Waals surface area contributed by atoms with Crippen molar-refractivity contribution >= 4 is 36.3 Å². The van der Waals surface area contributed by atoms with Gasteiger partial charge in [-0.05, 0) is 38.6 Å². The Morgan fingerprint density at radius 2 is 1.50 bits per heavy atom. The minimum absolute atomic E-state index is 0.119. The third kappa shape index (κ3) is 9.74. The molecule has 11 nitrogen and oxygen atoms in total. The molecule has 0 radical (unpaired) electrons. The van der Waals surface area contributed by atoms with Crippen LogP contribution in [0.25, 0.3) is 0 Å². The number of nitrogens with two attached hydrogens (primary N) is 2. The summed E-state index contributed by atoms with van der Waals surface area (Å²) >= 11 is 3.91. The Labute approximate surface area is 182 Å². The van der Waals surface area contributed by atoms with E-state index in [0.717, 1.165) is 0 Å². The molecule has 0 aromatic heterocycles. The fraction of sp³-hybridized carbons (Fsp3) is 0.778. The van der Waals surface area contributed by atoms with Crippen molar-refractivity contribution in [1.29, 1.82) is 0 Å². The van der Waals surface area contributed by atoms with Crippen LogP contribution < -0.4 is 27.4 Å². The summed E-state index contributed by atoms with van der Waals surface area (Å²) in [7, 11) is 0. The summed E-state index contributed by atoms with van der Waals surface area (Å²) in [6, 6.07) is -4.45. The van der Waals surface area contributed by atoms with Crippen molar-refractivity contribution in [1.82, 2.24) is 16.0 Å². The number of rotatable bonds is 14. The SMILES string of the molecule is CC(C)C(NC(=O)C(N)C(C)O)C(=O)NC(CCCCN)C(=O)NC(CS)C(=O)O. The molecular formula is C18H35N5O6S. The number of hydrogen-bond donors (Lipinski definition) is 8. The topological polar surface area (TPSA) is 197 Å². The van der Waals surface area contributed by atoms with E-state index in [0.29, 0.717) is 19.4 Å². The van der Waals surface area contributed by atoms with Gasteiger partial charge in [0.1, 0.15) is 24.2 Å². The summed E-state index contributed by atoms with van der Waals surface area (Å²) in [5, 5.41) is 26.0. The quantitative estimate of drug-likeness (QED) is 0.109. The highest BCUT2D eigenvalue weighted by molar-refractivity contribution is 7.80. The number of amides is 3. The number of thiol groups is 1. The molecular weight excluding hydrogens is 414 g/mol. The Bertz CT molecular complexity index is 589. The van der Waals surface area contributed by atoms with Gasteiger partial charge in [0.2, 0.25) is 17.7 Å². The lowest BCUT2D eigenvalue weighted by Gasteiger charge is -2.27. The molecule has 0 bridgehead atoms. The van der Waals surface area contributed by atoms with Gasteiger partial charge in [-0.25, -0.2) is 4.79 Å². The van der Waals surface area contributed by atoms with E-state index in [9.17, 15) is 24.3 Å². The highest BCUT2D eigenvalue weighted by Gasteiger charge is 2.31. The van der Waals surface area contributed by atoms with Crippen LogP contribution in [-0.2, 0) is 19.2 Å². The molecule has 12 heteroatoms. The second kappa shape index (κ2) is 14.2. The highest BCUT2D eigenvalue weighted by atomic mass is 32.1. The molecule has 0 rings (SSSR count). The van der Waals surface area contributed by atoms with Crippen molar-refractivity contribution in [3.63, 3.8) is 0 Å². The fourth-order valence-electron chi connectivity index (χ4n) is 2.48. The summed E-state index contributed by atoms with van der Waals surface area (Å²) < 4.78 is 0. The third-order valence-corrected chi connectivity index (χ3v) is 4.81. The molecule has 174 valence electrons. The molecule has 30 heavy (non-hydrogen) atoms. The maximum absolute atomic E-state index is 12.8. The van der Waals surface area contributed by atoms with Crippen molar-refractivity contribution in [3.8, 4) is 0 Å². The Balaban J connectivity index is 5.34. The van der Waals surface area contributed by atoms with Gasteiger partial charge in [0.25, 0.3) is 0 Å². The molecule has 0 aromatic carbocycles. The van der Waals surface area contributed by atoms with Crippen molar-refractivity contribution in [2.75, 3.05) is 12.3 Å². The van der Waals surface area contributed by atoms with Crippen LogP contribution in [0.5, 0.6) is 0 Å². The molecule has 0 saturated heterocycles. The Morgan fingerprint density at radius 1 is 0.933 bits per heavy atom. The highest BCUT2D eigenvalue weighted by Crippen LogP contribution is 2.07. The van der Waals surface area contributed by atoms with E-state index in [1.165, 1.54) is 6.92 Å². The van der Waals surface area contributed by atoms with Crippen LogP contribution in [-0.4, -0.2) is 76.5 Å². The second-order valence-electron chi connectivity index (χ2n) is 7.42. The Hall–Kier alpha value is -1.89. The van der Waals surface area contributed by atoms with Gasteiger partial charge in [-0.2, -0.15) is 12.6 Å². The van der Waals surface area contributed by atoms with Gasteiger partial charge in [0.15, 0.2) is 0 Å². The van der Waals surface area contributed by atoms with E-state index in [1.807, 2.05) is 0 Å². The number of carbonyl (C=O) groups excluding carboxylic acids is 3. The summed E-state index contributed by atoms with van der Waals surface area (Å²) in [4.78, 5) is 48.7. The predicted octanol–water partition coefficient (Wildman–Crippen LogP) is -2.05. The number of aliphatic carboxylic acids is 1. The lowest BCUT2D eigenvalue weighted by Crippen LogP contribution is -2.59. The lowest BCUT2D eigenvalue weighted by molar-refractivity contribution is -0.141. The van der Waals surface area contributed by atoms with Gasteiger partial charge in [0.05, 0.1) is 6.10 Å². The first-order chi connectivity index (χ1) is 14.0. The van der Waals surface area contributed by atoms with Crippen molar-refractivity contribution in [2.45, 2.75) is 70.3 Å². The second-order valence-corrected chi connectivity index (χ2v) is 7.79. The monoisotopic (exact) mass is 449 g/mol. The van der Waals surface area contributed by atoms with Gasteiger partial charge in [-0.1, -0.05) is 13.8 Å². The molecule has 0 spiro atoms. The molecule has 0 aliphatic carbocycles.